The van der Waals surface area contributed by atoms with Gasteiger partial charge in [0.2, 0.25) is 11.9 Å². The predicted molar refractivity (Wildman–Crippen MR) is 92.0 cm³/mol. The average Bonchev–Trinajstić information content (AvgIpc) is 3.00. The fraction of sp³-hybridized carbons (Fsp3) is 0.429. The summed E-state index contributed by atoms with van der Waals surface area (Å²) in [4.78, 5) is 6.17. The summed E-state index contributed by atoms with van der Waals surface area (Å²) >= 11 is 3.58. The Bertz CT molecular complexity index is 702. The Morgan fingerprint density at radius 1 is 1.38 bits per heavy atom. The molecule has 0 aliphatic carbocycles. The minimum atomic E-state index is -2.34. The number of benzene rings is 1. The van der Waals surface area contributed by atoms with Crippen LogP contribution >= 0.6 is 11.6 Å². The normalized spacial score (nSPS) is 18.5. The van der Waals surface area contributed by atoms with Gasteiger partial charge >= 0.3 is 0 Å². The number of aromatic amines is 1. The third-order valence-electron chi connectivity index (χ3n) is 4.24. The quantitative estimate of drug-likeness (QED) is 0.684. The molecular weight excluding hydrogens is 352 g/mol. The van der Waals surface area contributed by atoms with E-state index in [1.54, 1.807) is 12.1 Å². The lowest BCUT2D eigenvalue weighted by molar-refractivity contribution is 0.323. The zero-order valence-corrected chi connectivity index (χ0v) is 14.4. The van der Waals surface area contributed by atoms with Gasteiger partial charge in [0.05, 0.1) is 0 Å². The highest BCUT2D eigenvalue weighted by Crippen LogP contribution is 2.32. The molecule has 1 aliphatic rings. The summed E-state index contributed by atoms with van der Waals surface area (Å²) in [5.41, 5.74) is 6.47. The van der Waals surface area contributed by atoms with Crippen LogP contribution in [0.2, 0.25) is 5.02 Å². The molecule has 0 radical (unpaired) electrons. The van der Waals surface area contributed by atoms with Crippen LogP contribution in [-0.4, -0.2) is 37.0 Å². The Morgan fingerprint density at radius 2 is 2.04 bits per heavy atom. The minimum absolute atomic E-state index is 0.177. The maximum absolute atomic E-state index is 11.2. The van der Waals surface area contributed by atoms with Crippen LogP contribution in [0.15, 0.2) is 24.3 Å². The molecule has 24 heavy (non-hydrogen) atoms. The van der Waals surface area contributed by atoms with Crippen LogP contribution in [0.1, 0.15) is 24.4 Å². The molecule has 2 heterocycles. The number of aromatic nitrogens is 3. The molecule has 2 aromatic rings. The third-order valence-corrected chi connectivity index (χ3v) is 4.94. The summed E-state index contributed by atoms with van der Waals surface area (Å²) < 4.78 is 25.0. The molecule has 0 amide bonds. The van der Waals surface area contributed by atoms with Crippen LogP contribution < -0.4 is 15.4 Å². The van der Waals surface area contributed by atoms with Gasteiger partial charge in [-0.2, -0.15) is 4.98 Å². The summed E-state index contributed by atoms with van der Waals surface area (Å²) in [5, 5.41) is 7.31. The zero-order valence-electron chi connectivity index (χ0n) is 12.8. The lowest BCUT2D eigenvalue weighted by atomic mass is 9.86. The second-order valence-corrected chi connectivity index (χ2v) is 6.87. The SMILES string of the molecule is Nc1nc(N2CCC(C(NS(=O)[O-])c3ccc(Cl)cc3)CC2)n[nH]1. The fourth-order valence-electron chi connectivity index (χ4n) is 3.05. The van der Waals surface area contributed by atoms with Gasteiger partial charge in [0.25, 0.3) is 0 Å². The highest BCUT2D eigenvalue weighted by atomic mass is 35.5. The molecule has 8 nitrogen and oxygen atoms in total. The summed E-state index contributed by atoms with van der Waals surface area (Å²) in [5.74, 6) is 1.04. The van der Waals surface area contributed by atoms with Gasteiger partial charge in [-0.25, -0.2) is 9.82 Å². The third kappa shape index (κ3) is 4.04. The second-order valence-electron chi connectivity index (χ2n) is 5.73. The molecule has 1 aromatic carbocycles. The molecule has 1 aliphatic heterocycles. The first-order chi connectivity index (χ1) is 11.5. The van der Waals surface area contributed by atoms with E-state index in [0.29, 0.717) is 11.0 Å². The molecule has 1 aromatic heterocycles. The van der Waals surface area contributed by atoms with E-state index in [0.717, 1.165) is 31.5 Å². The van der Waals surface area contributed by atoms with E-state index in [9.17, 15) is 8.76 Å². The van der Waals surface area contributed by atoms with Crippen molar-refractivity contribution in [2.24, 2.45) is 5.92 Å². The van der Waals surface area contributed by atoms with Crippen molar-refractivity contribution in [3.63, 3.8) is 0 Å². The van der Waals surface area contributed by atoms with E-state index in [1.165, 1.54) is 0 Å². The summed E-state index contributed by atoms with van der Waals surface area (Å²) in [6, 6.07) is 6.97. The van der Waals surface area contributed by atoms with Crippen molar-refractivity contribution >= 4 is 34.8 Å². The van der Waals surface area contributed by atoms with Gasteiger partial charge in [0.1, 0.15) is 0 Å². The monoisotopic (exact) mass is 369 g/mol. The first kappa shape index (κ1) is 17.2. The van der Waals surface area contributed by atoms with Crippen molar-refractivity contribution in [3.05, 3.63) is 34.9 Å². The van der Waals surface area contributed by atoms with Crippen LogP contribution in [0.4, 0.5) is 11.9 Å². The Kier molecular flexibility index (Phi) is 5.34. The Labute approximate surface area is 147 Å². The van der Waals surface area contributed by atoms with Crippen molar-refractivity contribution in [1.82, 2.24) is 19.9 Å². The standard InChI is InChI=1S/C14H19ClN6O2S/c15-11-3-1-9(2-4-11)12(20-24(22)23)10-5-7-21(8-6-10)14-17-13(16)18-19-14/h1-4,10,12,20H,5-8H2,(H,22,23)(H3,16,17,18,19)/p-1. The van der Waals surface area contributed by atoms with Crippen LogP contribution in [0.5, 0.6) is 0 Å². The Balaban J connectivity index is 1.70. The highest BCUT2D eigenvalue weighted by Gasteiger charge is 2.29. The first-order valence-electron chi connectivity index (χ1n) is 7.56. The largest absolute Gasteiger partial charge is 0.760 e. The molecule has 2 atom stereocenters. The first-order valence-corrected chi connectivity index (χ1v) is 9.02. The van der Waals surface area contributed by atoms with Gasteiger partial charge in [0.15, 0.2) is 0 Å². The molecule has 1 saturated heterocycles. The van der Waals surface area contributed by atoms with Crippen LogP contribution in [0.25, 0.3) is 0 Å². The Hall–Kier alpha value is -1.68. The van der Waals surface area contributed by atoms with E-state index in [1.807, 2.05) is 17.0 Å². The number of H-pyrrole nitrogens is 1. The summed E-state index contributed by atoms with van der Waals surface area (Å²) in [6.07, 6.45) is 1.62. The number of piperidine rings is 1. The van der Waals surface area contributed by atoms with E-state index < -0.39 is 11.3 Å². The second kappa shape index (κ2) is 7.47. The van der Waals surface area contributed by atoms with Crippen LogP contribution in [-0.2, 0) is 11.3 Å². The molecule has 10 heteroatoms. The highest BCUT2D eigenvalue weighted by molar-refractivity contribution is 7.77. The number of nitrogen functional groups attached to an aromatic ring is 1. The number of nitrogens with zero attached hydrogens (tertiary/aromatic N) is 3. The molecular formula is C14H18ClN6O2S-. The molecule has 0 saturated carbocycles. The summed E-state index contributed by atoms with van der Waals surface area (Å²) in [6.45, 7) is 1.47. The van der Waals surface area contributed by atoms with Crippen LogP contribution in [0, 0.1) is 5.92 Å². The van der Waals surface area contributed by atoms with Gasteiger partial charge in [-0.3, -0.25) is 4.21 Å². The van der Waals surface area contributed by atoms with Gasteiger partial charge in [-0.1, -0.05) is 23.7 Å². The van der Waals surface area contributed by atoms with Gasteiger partial charge < -0.3 is 15.2 Å². The lowest BCUT2D eigenvalue weighted by Crippen LogP contribution is -2.40. The predicted octanol–water partition coefficient (Wildman–Crippen LogP) is 1.38. The fourth-order valence-corrected chi connectivity index (χ4v) is 3.71. The minimum Gasteiger partial charge on any atom is -0.760 e. The maximum atomic E-state index is 11.2. The van der Waals surface area contributed by atoms with Gasteiger partial charge in [0, 0.05) is 35.4 Å². The van der Waals surface area contributed by atoms with E-state index in [-0.39, 0.29) is 17.9 Å². The topological polar surface area (TPSA) is 123 Å². The number of nitrogens with two attached hydrogens (primary N) is 1. The van der Waals surface area contributed by atoms with Crippen molar-refractivity contribution in [2.45, 2.75) is 18.9 Å². The smallest absolute Gasteiger partial charge is 0.246 e. The number of anilines is 2. The molecule has 0 bridgehead atoms. The number of hydrogen-bond acceptors (Lipinski definition) is 6. The molecule has 130 valence electrons. The van der Waals surface area contributed by atoms with Crippen molar-refractivity contribution in [1.29, 1.82) is 0 Å². The molecule has 4 N–H and O–H groups in total. The zero-order chi connectivity index (χ0) is 17.1. The maximum Gasteiger partial charge on any atom is 0.246 e. The molecule has 3 rings (SSSR count). The number of rotatable bonds is 5. The number of nitrogens with one attached hydrogen (secondary N) is 2. The average molecular weight is 370 g/mol. The van der Waals surface area contributed by atoms with Crippen molar-refractivity contribution in [3.8, 4) is 0 Å². The van der Waals surface area contributed by atoms with Crippen molar-refractivity contribution in [2.75, 3.05) is 23.7 Å². The summed E-state index contributed by atoms with van der Waals surface area (Å²) in [7, 11) is 0. The van der Waals surface area contributed by atoms with E-state index in [4.69, 9.17) is 17.3 Å². The van der Waals surface area contributed by atoms with E-state index in [2.05, 4.69) is 19.9 Å². The van der Waals surface area contributed by atoms with Gasteiger partial charge in [-0.05, 0) is 36.5 Å². The van der Waals surface area contributed by atoms with Gasteiger partial charge in [-0.15, -0.1) is 5.10 Å². The molecule has 2 unspecified atom stereocenters. The number of hydrogen-bond donors (Lipinski definition) is 3. The van der Waals surface area contributed by atoms with Crippen LogP contribution in [0.3, 0.4) is 0 Å². The molecule has 1 fully saturated rings. The van der Waals surface area contributed by atoms with E-state index >= 15 is 0 Å². The number of halogens is 1. The van der Waals surface area contributed by atoms with Crippen molar-refractivity contribution < 1.29 is 8.76 Å². The lowest BCUT2D eigenvalue weighted by Gasteiger charge is -2.36. The Morgan fingerprint density at radius 3 is 2.58 bits per heavy atom. The molecule has 0 spiro atoms.